The lowest BCUT2D eigenvalue weighted by Gasteiger charge is -2.29. The van der Waals surface area contributed by atoms with Gasteiger partial charge in [-0.15, -0.1) is 0 Å². The van der Waals surface area contributed by atoms with Crippen molar-refractivity contribution in [1.29, 1.82) is 0 Å². The quantitative estimate of drug-likeness (QED) is 0.400. The second-order valence-electron chi connectivity index (χ2n) is 5.75. The maximum absolute atomic E-state index is 12.3. The summed E-state index contributed by atoms with van der Waals surface area (Å²) in [5.74, 6) is 0.830. The van der Waals surface area contributed by atoms with Gasteiger partial charge in [0.05, 0.1) is 20.6 Å². The number of nitrogens with zero attached hydrogens (tertiary/aromatic N) is 2. The van der Waals surface area contributed by atoms with E-state index in [-0.39, 0.29) is 30.7 Å². The van der Waals surface area contributed by atoms with Crippen molar-refractivity contribution in [3.63, 3.8) is 0 Å². The Morgan fingerprint density at radius 1 is 1.23 bits per heavy atom. The van der Waals surface area contributed by atoms with E-state index in [0.29, 0.717) is 31.0 Å². The van der Waals surface area contributed by atoms with E-state index < -0.39 is 0 Å². The van der Waals surface area contributed by atoms with Crippen molar-refractivity contribution in [3.05, 3.63) is 23.3 Å². The number of carbonyl (C=O) groups is 2. The fourth-order valence-corrected chi connectivity index (χ4v) is 2.64. The predicted octanol–water partition coefficient (Wildman–Crippen LogP) is 0.0134. The molecule has 142 valence electrons. The van der Waals surface area contributed by atoms with E-state index >= 15 is 0 Å². The lowest BCUT2D eigenvalue weighted by molar-refractivity contribution is -0.137. The highest BCUT2D eigenvalue weighted by Gasteiger charge is 2.23. The summed E-state index contributed by atoms with van der Waals surface area (Å²) in [7, 11) is 4.67. The Labute approximate surface area is 152 Å². The van der Waals surface area contributed by atoms with Crippen LogP contribution in [0.4, 0.5) is 0 Å². The van der Waals surface area contributed by atoms with Crippen LogP contribution in [0.15, 0.2) is 17.3 Å². The van der Waals surface area contributed by atoms with Crippen molar-refractivity contribution in [3.8, 4) is 11.5 Å². The highest BCUT2D eigenvalue weighted by atomic mass is 16.6. The van der Waals surface area contributed by atoms with Crippen LogP contribution in [0.2, 0.25) is 0 Å². The molecular weight excluding hydrogens is 340 g/mol. The third-order valence-corrected chi connectivity index (χ3v) is 4.06. The van der Waals surface area contributed by atoms with Gasteiger partial charge in [0, 0.05) is 20.1 Å². The van der Waals surface area contributed by atoms with Crippen molar-refractivity contribution in [2.45, 2.75) is 19.4 Å². The number of ether oxygens (including phenoxy) is 2. The number of amidine groups is 1. The summed E-state index contributed by atoms with van der Waals surface area (Å²) in [4.78, 5) is 30.1. The summed E-state index contributed by atoms with van der Waals surface area (Å²) >= 11 is 0. The molecule has 2 rings (SSSR count). The number of methoxy groups -OCH3 is 2. The average Bonchev–Trinajstić information content (AvgIpc) is 2.65. The normalized spacial score (nSPS) is 13.7. The van der Waals surface area contributed by atoms with Gasteiger partial charge in [-0.25, -0.2) is 0 Å². The van der Waals surface area contributed by atoms with E-state index in [9.17, 15) is 9.59 Å². The molecule has 3 N–H and O–H groups in total. The SMILES string of the molecule is CNC(=O)CC(N)=NOCC(=O)N1CCc2cc(OC)c(OC)cc2C1. The zero-order valence-corrected chi connectivity index (χ0v) is 15.2. The predicted molar refractivity (Wildman–Crippen MR) is 94.9 cm³/mol. The number of nitrogens with two attached hydrogens (primary N) is 1. The first kappa shape index (κ1) is 19.4. The topological polar surface area (TPSA) is 115 Å². The van der Waals surface area contributed by atoms with Gasteiger partial charge in [0.2, 0.25) is 5.91 Å². The molecule has 0 saturated carbocycles. The maximum Gasteiger partial charge on any atom is 0.263 e. The van der Waals surface area contributed by atoms with E-state index in [1.807, 2.05) is 12.1 Å². The van der Waals surface area contributed by atoms with Gasteiger partial charge in [-0.1, -0.05) is 5.16 Å². The smallest absolute Gasteiger partial charge is 0.263 e. The molecule has 0 aromatic heterocycles. The number of amides is 2. The minimum atomic E-state index is -0.279. The van der Waals surface area contributed by atoms with E-state index in [2.05, 4.69) is 10.5 Å². The molecule has 9 heteroatoms. The molecule has 0 radical (unpaired) electrons. The summed E-state index contributed by atoms with van der Waals surface area (Å²) in [6.07, 6.45) is 0.632. The second-order valence-corrected chi connectivity index (χ2v) is 5.75. The lowest BCUT2D eigenvalue weighted by atomic mass is 9.99. The van der Waals surface area contributed by atoms with Gasteiger partial charge in [0.25, 0.3) is 5.91 Å². The van der Waals surface area contributed by atoms with Crippen molar-refractivity contribution in [1.82, 2.24) is 10.2 Å². The molecule has 1 aliphatic rings. The number of fused-ring (bicyclic) bond motifs is 1. The molecule has 0 bridgehead atoms. The molecule has 0 unspecified atom stereocenters. The molecule has 26 heavy (non-hydrogen) atoms. The molecule has 1 aliphatic heterocycles. The van der Waals surface area contributed by atoms with Crippen LogP contribution in [0.1, 0.15) is 17.5 Å². The number of carbonyl (C=O) groups excluding carboxylic acids is 2. The maximum atomic E-state index is 12.3. The third kappa shape index (κ3) is 4.78. The monoisotopic (exact) mass is 364 g/mol. The van der Waals surface area contributed by atoms with E-state index in [0.717, 1.165) is 11.1 Å². The van der Waals surface area contributed by atoms with Crippen molar-refractivity contribution in [2.75, 3.05) is 34.4 Å². The minimum Gasteiger partial charge on any atom is -0.493 e. The van der Waals surface area contributed by atoms with Crippen LogP contribution in [0.3, 0.4) is 0 Å². The second kappa shape index (κ2) is 8.93. The molecule has 1 aromatic carbocycles. The number of oxime groups is 1. The number of hydrogen-bond acceptors (Lipinski definition) is 6. The van der Waals surface area contributed by atoms with Crippen LogP contribution in [-0.4, -0.2) is 57.0 Å². The molecule has 0 saturated heterocycles. The van der Waals surface area contributed by atoms with E-state index in [1.165, 1.54) is 7.05 Å². The molecule has 9 nitrogen and oxygen atoms in total. The summed E-state index contributed by atoms with van der Waals surface area (Å²) in [5.41, 5.74) is 7.68. The number of nitrogens with one attached hydrogen (secondary N) is 1. The van der Waals surface area contributed by atoms with Gasteiger partial charge in [-0.2, -0.15) is 0 Å². The van der Waals surface area contributed by atoms with Gasteiger partial charge in [-0.3, -0.25) is 9.59 Å². The van der Waals surface area contributed by atoms with Crippen LogP contribution >= 0.6 is 0 Å². The first-order valence-corrected chi connectivity index (χ1v) is 8.15. The lowest BCUT2D eigenvalue weighted by Crippen LogP contribution is -2.38. The fourth-order valence-electron chi connectivity index (χ4n) is 2.64. The van der Waals surface area contributed by atoms with Gasteiger partial charge in [0.1, 0.15) is 5.84 Å². The molecule has 0 fully saturated rings. The van der Waals surface area contributed by atoms with E-state index in [1.54, 1.807) is 19.1 Å². The summed E-state index contributed by atoms with van der Waals surface area (Å²) in [5, 5.41) is 6.01. The zero-order valence-electron chi connectivity index (χ0n) is 15.2. The Balaban J connectivity index is 1.94. The van der Waals surface area contributed by atoms with Gasteiger partial charge < -0.3 is 30.3 Å². The van der Waals surface area contributed by atoms with Crippen LogP contribution in [0.5, 0.6) is 11.5 Å². The summed E-state index contributed by atoms with van der Waals surface area (Å²) < 4.78 is 10.6. The van der Waals surface area contributed by atoms with Gasteiger partial charge in [-0.05, 0) is 29.7 Å². The van der Waals surface area contributed by atoms with Crippen LogP contribution in [0, 0.1) is 0 Å². The molecule has 2 amide bonds. The zero-order chi connectivity index (χ0) is 19.1. The molecule has 1 heterocycles. The number of benzene rings is 1. The number of hydrogen-bond donors (Lipinski definition) is 2. The third-order valence-electron chi connectivity index (χ3n) is 4.06. The molecule has 1 aromatic rings. The average molecular weight is 364 g/mol. The highest BCUT2D eigenvalue weighted by Crippen LogP contribution is 2.33. The Kier molecular flexibility index (Phi) is 6.65. The largest absolute Gasteiger partial charge is 0.493 e. The first-order valence-electron chi connectivity index (χ1n) is 8.15. The van der Waals surface area contributed by atoms with Gasteiger partial charge in [0.15, 0.2) is 18.1 Å². The molecule has 0 aliphatic carbocycles. The minimum absolute atomic E-state index is 0.0120. The Hall–Kier alpha value is -2.97. The van der Waals surface area contributed by atoms with Crippen LogP contribution in [-0.2, 0) is 27.4 Å². The van der Waals surface area contributed by atoms with Crippen molar-refractivity contribution in [2.24, 2.45) is 10.9 Å². The van der Waals surface area contributed by atoms with Crippen LogP contribution in [0.25, 0.3) is 0 Å². The number of rotatable bonds is 7. The molecule has 0 spiro atoms. The van der Waals surface area contributed by atoms with Gasteiger partial charge >= 0.3 is 0 Å². The highest BCUT2D eigenvalue weighted by molar-refractivity contribution is 5.98. The Morgan fingerprint density at radius 3 is 2.50 bits per heavy atom. The van der Waals surface area contributed by atoms with Crippen molar-refractivity contribution < 1.29 is 23.9 Å². The fraction of sp³-hybridized carbons (Fsp3) is 0.471. The molecular formula is C17H24N4O5. The van der Waals surface area contributed by atoms with E-state index in [4.69, 9.17) is 20.0 Å². The Bertz CT molecular complexity index is 705. The standard InChI is InChI=1S/C17H24N4O5/c1-19-16(22)8-15(18)20-26-10-17(23)21-5-4-11-6-13(24-2)14(25-3)7-12(11)9-21/h6-7H,4-5,8-10H2,1-3H3,(H2,18,20)(H,19,22). The van der Waals surface area contributed by atoms with Crippen LogP contribution < -0.4 is 20.5 Å². The Morgan fingerprint density at radius 2 is 1.88 bits per heavy atom. The van der Waals surface area contributed by atoms with Crippen molar-refractivity contribution >= 4 is 17.6 Å². The molecule has 0 atom stereocenters. The first-order chi connectivity index (χ1) is 12.5. The summed E-state index contributed by atoms with van der Waals surface area (Å²) in [6, 6.07) is 3.82. The summed E-state index contributed by atoms with van der Waals surface area (Å²) in [6.45, 7) is 0.786.